The molecule has 1 heterocycles. The Hall–Kier alpha value is -2.78. The van der Waals surface area contributed by atoms with E-state index in [4.69, 9.17) is 14.2 Å². The molecule has 2 aromatic rings. The van der Waals surface area contributed by atoms with Gasteiger partial charge in [-0.3, -0.25) is 9.69 Å². The summed E-state index contributed by atoms with van der Waals surface area (Å²) in [5.74, 6) is 0.0638. The lowest BCUT2D eigenvalue weighted by atomic mass is 10.1. The second-order valence-electron chi connectivity index (χ2n) is 7.48. The van der Waals surface area contributed by atoms with Crippen molar-refractivity contribution in [2.45, 2.75) is 25.6 Å². The lowest BCUT2D eigenvalue weighted by Crippen LogP contribution is -2.35. The van der Waals surface area contributed by atoms with Crippen LogP contribution in [0.2, 0.25) is 0 Å². The van der Waals surface area contributed by atoms with Crippen LogP contribution in [0.1, 0.15) is 17.5 Å². The Bertz CT molecular complexity index is 899. The zero-order valence-electron chi connectivity index (χ0n) is 17.9. The number of morpholine rings is 1. The molecule has 6 nitrogen and oxygen atoms in total. The van der Waals surface area contributed by atoms with Crippen molar-refractivity contribution in [1.82, 2.24) is 4.90 Å². The molecule has 9 heteroatoms. The third-order valence-electron chi connectivity index (χ3n) is 5.05. The van der Waals surface area contributed by atoms with Crippen LogP contribution in [0.4, 0.5) is 18.9 Å². The summed E-state index contributed by atoms with van der Waals surface area (Å²) >= 11 is 0. The highest BCUT2D eigenvalue weighted by Crippen LogP contribution is 2.30. The Labute approximate surface area is 185 Å². The molecule has 1 N–H and O–H groups in total. The van der Waals surface area contributed by atoms with Crippen molar-refractivity contribution in [1.29, 1.82) is 0 Å². The number of amides is 1. The largest absolute Gasteiger partial charge is 0.493 e. The van der Waals surface area contributed by atoms with Gasteiger partial charge in [0.25, 0.3) is 0 Å². The van der Waals surface area contributed by atoms with Crippen molar-refractivity contribution in [2.24, 2.45) is 0 Å². The predicted molar refractivity (Wildman–Crippen MR) is 114 cm³/mol. The molecule has 1 aliphatic heterocycles. The topological polar surface area (TPSA) is 60.0 Å². The maximum absolute atomic E-state index is 12.5. The van der Waals surface area contributed by atoms with E-state index in [1.807, 2.05) is 24.3 Å². The van der Waals surface area contributed by atoms with Crippen molar-refractivity contribution < 1.29 is 32.2 Å². The van der Waals surface area contributed by atoms with E-state index in [2.05, 4.69) is 10.2 Å². The van der Waals surface area contributed by atoms with Gasteiger partial charge in [-0.15, -0.1) is 0 Å². The van der Waals surface area contributed by atoms with Gasteiger partial charge in [-0.25, -0.2) is 0 Å². The molecule has 0 spiro atoms. The van der Waals surface area contributed by atoms with E-state index in [1.165, 1.54) is 13.2 Å². The highest BCUT2D eigenvalue weighted by atomic mass is 19.4. The molecule has 1 aliphatic rings. The SMILES string of the molecule is COc1cc(CCC(=O)Nc2ccccc2CN2CCOCC2)ccc1OCC(F)(F)F. The number of nitrogens with one attached hydrogen (secondary N) is 1. The van der Waals surface area contributed by atoms with Gasteiger partial charge in [0.1, 0.15) is 0 Å². The summed E-state index contributed by atoms with van der Waals surface area (Å²) in [7, 11) is 1.36. The molecule has 32 heavy (non-hydrogen) atoms. The van der Waals surface area contributed by atoms with E-state index in [0.29, 0.717) is 19.6 Å². The average Bonchev–Trinajstić information content (AvgIpc) is 2.78. The van der Waals surface area contributed by atoms with Gasteiger partial charge in [0, 0.05) is 31.7 Å². The lowest BCUT2D eigenvalue weighted by Gasteiger charge is -2.27. The maximum atomic E-state index is 12.5. The number of carbonyl (C=O) groups excluding carboxylic acids is 1. The van der Waals surface area contributed by atoms with Gasteiger partial charge >= 0.3 is 6.18 Å². The number of nitrogens with zero attached hydrogens (tertiary/aromatic N) is 1. The summed E-state index contributed by atoms with van der Waals surface area (Å²) in [6, 6.07) is 12.3. The number of methoxy groups -OCH3 is 1. The number of aryl methyl sites for hydroxylation is 1. The molecule has 0 saturated carbocycles. The standard InChI is InChI=1S/C23H27F3N2O4/c1-30-21-14-17(6-8-20(21)32-16-23(24,25)26)7-9-22(29)27-19-5-3-2-4-18(19)15-28-10-12-31-13-11-28/h2-6,8,14H,7,9-13,15-16H2,1H3,(H,27,29). The fourth-order valence-electron chi connectivity index (χ4n) is 3.40. The van der Waals surface area contributed by atoms with Crippen LogP contribution in [0.15, 0.2) is 42.5 Å². The highest BCUT2D eigenvalue weighted by molar-refractivity contribution is 5.91. The van der Waals surface area contributed by atoms with Crippen LogP contribution in [0.3, 0.4) is 0 Å². The minimum atomic E-state index is -4.43. The van der Waals surface area contributed by atoms with Crippen LogP contribution in [-0.2, 0) is 22.5 Å². The molecule has 1 fully saturated rings. The number of alkyl halides is 3. The third-order valence-corrected chi connectivity index (χ3v) is 5.05. The summed E-state index contributed by atoms with van der Waals surface area (Å²) in [4.78, 5) is 14.8. The monoisotopic (exact) mass is 452 g/mol. The molecule has 174 valence electrons. The second-order valence-corrected chi connectivity index (χ2v) is 7.48. The first-order chi connectivity index (χ1) is 15.3. The molecule has 0 atom stereocenters. The summed E-state index contributed by atoms with van der Waals surface area (Å²) in [6.45, 7) is 2.46. The van der Waals surface area contributed by atoms with E-state index in [-0.39, 0.29) is 23.8 Å². The van der Waals surface area contributed by atoms with Crippen LogP contribution >= 0.6 is 0 Å². The van der Waals surface area contributed by atoms with E-state index in [9.17, 15) is 18.0 Å². The molecule has 1 amide bonds. The Morgan fingerprint density at radius 3 is 2.59 bits per heavy atom. The van der Waals surface area contributed by atoms with Gasteiger partial charge in [0.2, 0.25) is 5.91 Å². The van der Waals surface area contributed by atoms with E-state index in [1.54, 1.807) is 12.1 Å². The van der Waals surface area contributed by atoms with Crippen LogP contribution in [-0.4, -0.2) is 57.0 Å². The zero-order chi connectivity index (χ0) is 23.0. The number of carbonyl (C=O) groups is 1. The Kier molecular flexibility index (Phi) is 8.35. The van der Waals surface area contributed by atoms with E-state index >= 15 is 0 Å². The molecule has 0 bridgehead atoms. The average molecular weight is 452 g/mol. The summed E-state index contributed by atoms with van der Waals surface area (Å²) in [5.41, 5.74) is 2.58. The lowest BCUT2D eigenvalue weighted by molar-refractivity contribution is -0.153. The minimum absolute atomic E-state index is 0.00932. The predicted octanol–water partition coefficient (Wildman–Crippen LogP) is 4.04. The molecule has 2 aromatic carbocycles. The second kappa shape index (κ2) is 11.2. The quantitative estimate of drug-likeness (QED) is 0.622. The van der Waals surface area contributed by atoms with Crippen molar-refractivity contribution in [3.05, 3.63) is 53.6 Å². The van der Waals surface area contributed by atoms with E-state index < -0.39 is 12.8 Å². The first-order valence-corrected chi connectivity index (χ1v) is 10.4. The Balaban J connectivity index is 1.56. The number of anilines is 1. The highest BCUT2D eigenvalue weighted by Gasteiger charge is 2.29. The van der Waals surface area contributed by atoms with Crippen LogP contribution in [0.5, 0.6) is 11.5 Å². The fraction of sp³-hybridized carbons (Fsp3) is 0.435. The van der Waals surface area contributed by atoms with Gasteiger partial charge in [-0.2, -0.15) is 13.2 Å². The molecule has 3 rings (SSSR count). The number of para-hydroxylation sites is 1. The number of hydrogen-bond donors (Lipinski definition) is 1. The fourth-order valence-corrected chi connectivity index (χ4v) is 3.40. The normalized spacial score (nSPS) is 14.8. The van der Waals surface area contributed by atoms with Crippen molar-refractivity contribution in [3.8, 4) is 11.5 Å². The number of rotatable bonds is 9. The number of halogens is 3. The van der Waals surface area contributed by atoms with Crippen molar-refractivity contribution >= 4 is 11.6 Å². The van der Waals surface area contributed by atoms with Gasteiger partial charge in [-0.1, -0.05) is 24.3 Å². The summed E-state index contributed by atoms with van der Waals surface area (Å²) < 4.78 is 52.5. The molecule has 0 radical (unpaired) electrons. The molecular formula is C23H27F3N2O4. The van der Waals surface area contributed by atoms with Crippen LogP contribution < -0.4 is 14.8 Å². The van der Waals surface area contributed by atoms with Gasteiger partial charge in [0.05, 0.1) is 20.3 Å². The molecular weight excluding hydrogens is 425 g/mol. The smallest absolute Gasteiger partial charge is 0.422 e. The maximum Gasteiger partial charge on any atom is 0.422 e. The third kappa shape index (κ3) is 7.42. The first kappa shape index (κ1) is 23.9. The van der Waals surface area contributed by atoms with Crippen molar-refractivity contribution in [3.63, 3.8) is 0 Å². The molecule has 0 unspecified atom stereocenters. The molecule has 0 aliphatic carbocycles. The van der Waals surface area contributed by atoms with Gasteiger partial charge in [0.15, 0.2) is 18.1 Å². The Morgan fingerprint density at radius 1 is 1.12 bits per heavy atom. The van der Waals surface area contributed by atoms with Crippen LogP contribution in [0.25, 0.3) is 0 Å². The Morgan fingerprint density at radius 2 is 1.88 bits per heavy atom. The summed E-state index contributed by atoms with van der Waals surface area (Å²) in [5, 5.41) is 2.97. The number of benzene rings is 2. The van der Waals surface area contributed by atoms with Crippen LogP contribution in [0, 0.1) is 0 Å². The van der Waals surface area contributed by atoms with Gasteiger partial charge < -0.3 is 19.5 Å². The zero-order valence-corrected chi connectivity index (χ0v) is 17.9. The minimum Gasteiger partial charge on any atom is -0.493 e. The molecule has 0 aromatic heterocycles. The first-order valence-electron chi connectivity index (χ1n) is 10.4. The summed E-state index contributed by atoms with van der Waals surface area (Å²) in [6.07, 6.45) is -3.80. The molecule has 1 saturated heterocycles. The number of hydrogen-bond acceptors (Lipinski definition) is 5. The van der Waals surface area contributed by atoms with E-state index in [0.717, 1.165) is 36.4 Å². The van der Waals surface area contributed by atoms with Crippen molar-refractivity contribution in [2.75, 3.05) is 45.3 Å². The number of ether oxygens (including phenoxy) is 3. The van der Waals surface area contributed by atoms with Gasteiger partial charge in [-0.05, 0) is 35.7 Å².